The highest BCUT2D eigenvalue weighted by molar-refractivity contribution is 5.61. The van der Waals surface area contributed by atoms with Crippen molar-refractivity contribution in [3.05, 3.63) is 12.3 Å². The molecule has 1 heterocycles. The molecule has 1 aromatic heterocycles. The van der Waals surface area contributed by atoms with Crippen LogP contribution in [0.3, 0.4) is 0 Å². The average Bonchev–Trinajstić information content (AvgIpc) is 2.18. The second kappa shape index (κ2) is 2.15. The van der Waals surface area contributed by atoms with Crippen LogP contribution in [0.5, 0.6) is 0 Å². The van der Waals surface area contributed by atoms with E-state index in [9.17, 15) is 4.79 Å². The molecule has 0 unspecified atom stereocenters. The maximum absolute atomic E-state index is 9.66. The first-order chi connectivity index (χ1) is 4.34. The van der Waals surface area contributed by atoms with Crippen LogP contribution in [0.1, 0.15) is 0 Å². The monoisotopic (exact) mass is 123 g/mol. The molecule has 9 heavy (non-hydrogen) atoms. The molecule has 0 spiro atoms. The number of aromatic amines is 1. The Morgan fingerprint density at radius 3 is 3.00 bits per heavy atom. The first-order valence-corrected chi connectivity index (χ1v) is 2.35. The summed E-state index contributed by atoms with van der Waals surface area (Å²) in [5.41, 5.74) is 5.78. The van der Waals surface area contributed by atoms with Crippen molar-refractivity contribution >= 4 is 17.6 Å². The summed E-state index contributed by atoms with van der Waals surface area (Å²) in [6, 6.07) is 1.62. The molecular weight excluding hydrogens is 118 g/mol. The average molecular weight is 123 g/mol. The van der Waals surface area contributed by atoms with Crippen molar-refractivity contribution in [1.82, 2.24) is 4.98 Å². The van der Waals surface area contributed by atoms with Crippen LogP contribution in [0.2, 0.25) is 0 Å². The van der Waals surface area contributed by atoms with Crippen molar-refractivity contribution in [3.63, 3.8) is 0 Å². The number of nitrogens with two attached hydrogens (primary N) is 1. The molecule has 0 radical (unpaired) electrons. The summed E-state index contributed by atoms with van der Waals surface area (Å²) in [6.07, 6.45) is 2.98. The van der Waals surface area contributed by atoms with Crippen molar-refractivity contribution in [2.75, 3.05) is 5.73 Å². The smallest absolute Gasteiger partial charge is 0.242 e. The molecular formula is C5H5N3O. The van der Waals surface area contributed by atoms with Crippen LogP contribution in [0.4, 0.5) is 11.5 Å². The van der Waals surface area contributed by atoms with Gasteiger partial charge in [0.1, 0.15) is 0 Å². The van der Waals surface area contributed by atoms with Crippen LogP contribution in [0.25, 0.3) is 0 Å². The predicted octanol–water partition coefficient (Wildman–Crippen LogP) is 0.564. The van der Waals surface area contributed by atoms with Gasteiger partial charge in [0.25, 0.3) is 0 Å². The Morgan fingerprint density at radius 2 is 2.56 bits per heavy atom. The molecule has 0 aromatic carbocycles. The van der Waals surface area contributed by atoms with Crippen molar-refractivity contribution in [2.24, 2.45) is 4.99 Å². The molecule has 4 nitrogen and oxygen atoms in total. The van der Waals surface area contributed by atoms with E-state index in [-0.39, 0.29) is 0 Å². The second-order valence-electron chi connectivity index (χ2n) is 1.48. The lowest BCUT2D eigenvalue weighted by Crippen LogP contribution is -1.78. The lowest BCUT2D eigenvalue weighted by atomic mass is 10.5. The van der Waals surface area contributed by atoms with E-state index in [1.54, 1.807) is 12.3 Å². The Bertz CT molecular complexity index is 246. The summed E-state index contributed by atoms with van der Waals surface area (Å²) >= 11 is 0. The van der Waals surface area contributed by atoms with Gasteiger partial charge in [-0.25, -0.2) is 4.79 Å². The summed E-state index contributed by atoms with van der Waals surface area (Å²) in [7, 11) is 0. The predicted molar refractivity (Wildman–Crippen MR) is 33.0 cm³/mol. The minimum Gasteiger partial charge on any atom is -0.396 e. The van der Waals surface area contributed by atoms with E-state index in [0.29, 0.717) is 11.5 Å². The molecule has 0 aliphatic carbocycles. The molecule has 46 valence electrons. The Hall–Kier alpha value is -1.54. The van der Waals surface area contributed by atoms with Crippen molar-refractivity contribution in [1.29, 1.82) is 0 Å². The highest BCUT2D eigenvalue weighted by atomic mass is 16.1. The normalized spacial score (nSPS) is 8.44. The molecule has 0 saturated carbocycles. The fraction of sp³-hybridized carbons (Fsp3) is 0. The van der Waals surface area contributed by atoms with Crippen LogP contribution in [0, 0.1) is 0 Å². The number of aromatic nitrogens is 1. The third-order valence-electron chi connectivity index (χ3n) is 0.914. The molecule has 0 saturated heterocycles. The van der Waals surface area contributed by atoms with Crippen LogP contribution >= 0.6 is 0 Å². The molecule has 1 rings (SSSR count). The molecule has 0 atom stereocenters. The zero-order valence-electron chi connectivity index (χ0n) is 4.59. The van der Waals surface area contributed by atoms with Gasteiger partial charge in [-0.05, 0) is 6.07 Å². The van der Waals surface area contributed by atoms with Gasteiger partial charge in [0.2, 0.25) is 6.08 Å². The van der Waals surface area contributed by atoms with Crippen molar-refractivity contribution < 1.29 is 4.79 Å². The quantitative estimate of drug-likeness (QED) is 0.423. The topological polar surface area (TPSA) is 71.2 Å². The molecule has 3 N–H and O–H groups in total. The number of nitrogens with one attached hydrogen (secondary N) is 1. The van der Waals surface area contributed by atoms with E-state index < -0.39 is 0 Å². The number of nitrogen functional groups attached to an aromatic ring is 1. The van der Waals surface area contributed by atoms with Gasteiger partial charge >= 0.3 is 0 Å². The zero-order chi connectivity index (χ0) is 6.69. The molecule has 4 heteroatoms. The van der Waals surface area contributed by atoms with E-state index >= 15 is 0 Å². The lowest BCUT2D eigenvalue weighted by molar-refractivity contribution is 0.565. The number of hydrogen-bond donors (Lipinski definition) is 2. The minimum atomic E-state index is 0.366. The number of isocyanates is 1. The maximum atomic E-state index is 9.66. The van der Waals surface area contributed by atoms with Gasteiger partial charge in [0, 0.05) is 6.20 Å². The Balaban J connectivity index is 3.07. The summed E-state index contributed by atoms with van der Waals surface area (Å²) in [5, 5.41) is 0. The van der Waals surface area contributed by atoms with Gasteiger partial charge in [-0.1, -0.05) is 0 Å². The largest absolute Gasteiger partial charge is 0.396 e. The fourth-order valence-electron chi connectivity index (χ4n) is 0.515. The van der Waals surface area contributed by atoms with Gasteiger partial charge in [0.15, 0.2) is 5.82 Å². The van der Waals surface area contributed by atoms with E-state index in [1.807, 2.05) is 0 Å². The number of H-pyrrole nitrogens is 1. The number of rotatable bonds is 1. The highest BCUT2D eigenvalue weighted by Crippen LogP contribution is 2.16. The molecule has 0 fully saturated rings. The van der Waals surface area contributed by atoms with E-state index in [4.69, 9.17) is 5.73 Å². The van der Waals surface area contributed by atoms with Crippen molar-refractivity contribution in [2.45, 2.75) is 0 Å². The van der Waals surface area contributed by atoms with Crippen LogP contribution in [0.15, 0.2) is 17.3 Å². The highest BCUT2D eigenvalue weighted by Gasteiger charge is 1.93. The van der Waals surface area contributed by atoms with Crippen LogP contribution < -0.4 is 5.73 Å². The van der Waals surface area contributed by atoms with E-state index in [0.717, 1.165) is 0 Å². The zero-order valence-corrected chi connectivity index (χ0v) is 4.59. The Kier molecular flexibility index (Phi) is 1.34. The Labute approximate surface area is 51.4 Å². The third-order valence-corrected chi connectivity index (χ3v) is 0.914. The number of hydrogen-bond acceptors (Lipinski definition) is 3. The van der Waals surface area contributed by atoms with Gasteiger partial charge in [-0.2, -0.15) is 0 Å². The molecule has 0 aliphatic rings. The number of carbonyl (C=O) groups excluding carboxylic acids is 1. The number of anilines is 1. The summed E-state index contributed by atoms with van der Waals surface area (Å²) in [6.45, 7) is 0. The molecule has 0 aliphatic heterocycles. The summed E-state index contributed by atoms with van der Waals surface area (Å²) < 4.78 is 0. The SMILES string of the molecule is Nc1cc[nH]c1N=C=O. The standard InChI is InChI=1S/C5H5N3O/c6-4-1-2-7-5(4)8-3-9/h1-2,7H,6H2. The molecule has 0 amide bonds. The van der Waals surface area contributed by atoms with Gasteiger partial charge in [-0.3, -0.25) is 0 Å². The van der Waals surface area contributed by atoms with E-state index in [1.165, 1.54) is 6.08 Å². The second-order valence-corrected chi connectivity index (χ2v) is 1.48. The van der Waals surface area contributed by atoms with Crippen molar-refractivity contribution in [3.8, 4) is 0 Å². The molecule has 1 aromatic rings. The molecule has 0 bridgehead atoms. The van der Waals surface area contributed by atoms with Gasteiger partial charge < -0.3 is 10.7 Å². The lowest BCUT2D eigenvalue weighted by Gasteiger charge is -1.82. The van der Waals surface area contributed by atoms with Crippen LogP contribution in [-0.4, -0.2) is 11.1 Å². The first-order valence-electron chi connectivity index (χ1n) is 2.35. The van der Waals surface area contributed by atoms with Gasteiger partial charge in [0.05, 0.1) is 5.69 Å². The maximum Gasteiger partial charge on any atom is 0.242 e. The van der Waals surface area contributed by atoms with Gasteiger partial charge in [-0.15, -0.1) is 4.99 Å². The summed E-state index contributed by atoms with van der Waals surface area (Å²) in [4.78, 5) is 15.6. The first kappa shape index (κ1) is 5.59. The van der Waals surface area contributed by atoms with Crippen LogP contribution in [-0.2, 0) is 4.79 Å². The number of nitrogens with zero attached hydrogens (tertiary/aromatic N) is 1. The van der Waals surface area contributed by atoms with E-state index in [2.05, 4.69) is 9.98 Å². The third kappa shape index (κ3) is 0.978. The number of aliphatic imine (C=N–C) groups is 1. The Morgan fingerprint density at radius 1 is 1.78 bits per heavy atom. The minimum absolute atomic E-state index is 0.366. The summed E-state index contributed by atoms with van der Waals surface area (Å²) in [5.74, 6) is 0.366. The fourth-order valence-corrected chi connectivity index (χ4v) is 0.515.